The summed E-state index contributed by atoms with van der Waals surface area (Å²) in [6.07, 6.45) is 6.11. The average Bonchev–Trinajstić information content (AvgIpc) is 2.67. The van der Waals surface area contributed by atoms with Crippen LogP contribution >= 0.6 is 0 Å². The van der Waals surface area contributed by atoms with Gasteiger partial charge in [-0.25, -0.2) is 0 Å². The Balaban J connectivity index is 0.00000300. The van der Waals surface area contributed by atoms with Gasteiger partial charge in [-0.05, 0) is 35.4 Å². The second kappa shape index (κ2) is 9.95. The van der Waals surface area contributed by atoms with Crippen LogP contribution in [-0.4, -0.2) is 15.9 Å². The fourth-order valence-corrected chi connectivity index (χ4v) is 2.91. The molecular weight excluding hydrogens is 538 g/mol. The number of benzene rings is 2. The van der Waals surface area contributed by atoms with Crippen LogP contribution in [0.4, 0.5) is 0 Å². The van der Waals surface area contributed by atoms with Crippen molar-refractivity contribution in [2.24, 2.45) is 5.41 Å². The molecule has 2 radical (unpaired) electrons. The van der Waals surface area contributed by atoms with Gasteiger partial charge >= 0.3 is 0 Å². The Kier molecular flexibility index (Phi) is 7.89. The van der Waals surface area contributed by atoms with Crippen LogP contribution in [0.25, 0.3) is 22.0 Å². The number of allylic oxidation sites excluding steroid dienone is 2. The molecule has 0 aliphatic carbocycles. The minimum absolute atomic E-state index is 0. The zero-order valence-corrected chi connectivity index (χ0v) is 19.3. The van der Waals surface area contributed by atoms with Crippen LogP contribution in [0.3, 0.4) is 0 Å². The fraction of sp³-hybridized carbons (Fsp3) is 0.240. The predicted molar refractivity (Wildman–Crippen MR) is 114 cm³/mol. The molecule has 3 aromatic rings. The molecule has 0 saturated carbocycles. The molecule has 0 amide bonds. The summed E-state index contributed by atoms with van der Waals surface area (Å²) in [5.41, 5.74) is 2.40. The van der Waals surface area contributed by atoms with Crippen LogP contribution in [0.2, 0.25) is 0 Å². The number of aliphatic hydroxyl groups excluding tert-OH is 1. The molecule has 0 saturated heterocycles. The standard InChI is InChI=1S/C25H25NO2.Ir/c1-25(2,3)23(28)17-21(27)12-7-9-18-8-6-11-20(16-18)24-22-13-5-4-10-19(22)14-15-26-24;/h4-8,10-11,13-15,17,27H,9,12H2,1-3H3;/q-1;/b21-17-;. The van der Waals surface area contributed by atoms with E-state index in [-0.39, 0.29) is 31.6 Å². The third-order valence-corrected chi connectivity index (χ3v) is 4.54. The van der Waals surface area contributed by atoms with E-state index >= 15 is 0 Å². The third-order valence-electron chi connectivity index (χ3n) is 4.54. The Hall–Kier alpha value is -2.29. The van der Waals surface area contributed by atoms with Crippen LogP contribution in [0.5, 0.6) is 0 Å². The first-order chi connectivity index (χ1) is 13.3. The number of carbonyl (C=O) groups is 1. The van der Waals surface area contributed by atoms with E-state index in [1.165, 1.54) is 6.08 Å². The number of ketones is 1. The van der Waals surface area contributed by atoms with Gasteiger partial charge in [-0.3, -0.25) is 4.79 Å². The monoisotopic (exact) mass is 564 g/mol. The number of aliphatic hydroxyl groups is 1. The zero-order valence-electron chi connectivity index (χ0n) is 16.9. The number of rotatable bonds is 6. The van der Waals surface area contributed by atoms with Crippen molar-refractivity contribution in [2.75, 3.05) is 0 Å². The molecule has 0 bridgehead atoms. The normalized spacial score (nSPS) is 11.9. The molecule has 2 aromatic carbocycles. The average molecular weight is 564 g/mol. The molecule has 3 nitrogen and oxygen atoms in total. The summed E-state index contributed by atoms with van der Waals surface area (Å²) < 4.78 is 0. The second-order valence-corrected chi connectivity index (χ2v) is 7.92. The largest absolute Gasteiger partial charge is 0.512 e. The van der Waals surface area contributed by atoms with Crippen molar-refractivity contribution in [2.45, 2.75) is 33.6 Å². The summed E-state index contributed by atoms with van der Waals surface area (Å²) in [6, 6.07) is 19.6. The molecule has 0 atom stereocenters. The zero-order chi connectivity index (χ0) is 20.1. The van der Waals surface area contributed by atoms with E-state index in [2.05, 4.69) is 23.2 Å². The molecule has 0 aliphatic rings. The van der Waals surface area contributed by atoms with Crippen LogP contribution in [0.1, 0.15) is 32.8 Å². The van der Waals surface area contributed by atoms with Gasteiger partial charge in [0.1, 0.15) is 0 Å². The maximum Gasteiger partial charge on any atom is 0.164 e. The number of carbonyl (C=O) groups excluding carboxylic acids is 1. The van der Waals surface area contributed by atoms with E-state index in [9.17, 15) is 9.90 Å². The molecule has 4 heteroatoms. The minimum atomic E-state index is -0.485. The van der Waals surface area contributed by atoms with Gasteiger partial charge in [0.25, 0.3) is 0 Å². The van der Waals surface area contributed by atoms with Crippen molar-refractivity contribution in [3.63, 3.8) is 0 Å². The summed E-state index contributed by atoms with van der Waals surface area (Å²) in [5, 5.41) is 12.3. The van der Waals surface area contributed by atoms with Gasteiger partial charge in [0, 0.05) is 44.2 Å². The Morgan fingerprint density at radius 2 is 1.86 bits per heavy atom. The molecule has 0 unspecified atom stereocenters. The summed E-state index contributed by atoms with van der Waals surface area (Å²) in [5.74, 6) is 0.0146. The molecule has 3 rings (SSSR count). The molecular formula is C25H25IrNO2-. The smallest absolute Gasteiger partial charge is 0.164 e. The van der Waals surface area contributed by atoms with Gasteiger partial charge in [-0.15, -0.1) is 35.4 Å². The number of hydrogen-bond acceptors (Lipinski definition) is 3. The second-order valence-electron chi connectivity index (χ2n) is 7.92. The Labute approximate surface area is 186 Å². The van der Waals surface area contributed by atoms with Crippen LogP contribution < -0.4 is 0 Å². The SMILES string of the molecule is CC(C)(C)C(=O)/C=C(\O)C[CH]Cc1[c-]c(-c2nccc3ccccc23)ccc1.[Ir]. The van der Waals surface area contributed by atoms with Crippen molar-refractivity contribution >= 4 is 16.6 Å². The van der Waals surface area contributed by atoms with E-state index in [0.717, 1.165) is 27.6 Å². The van der Waals surface area contributed by atoms with E-state index in [1.807, 2.05) is 69.8 Å². The first kappa shape index (κ1) is 23.0. The molecule has 0 aliphatic heterocycles. The Bertz CT molecular complexity index is 1010. The van der Waals surface area contributed by atoms with Crippen LogP contribution in [0, 0.1) is 17.9 Å². The van der Waals surface area contributed by atoms with Gasteiger partial charge in [0.2, 0.25) is 0 Å². The van der Waals surface area contributed by atoms with Crippen LogP contribution in [0.15, 0.2) is 66.6 Å². The molecule has 0 fully saturated rings. The predicted octanol–water partition coefficient (Wildman–Crippen LogP) is 5.89. The number of aromatic nitrogens is 1. The first-order valence-corrected chi connectivity index (χ1v) is 9.45. The molecule has 1 aromatic heterocycles. The minimum Gasteiger partial charge on any atom is -0.512 e. The number of fused-ring (bicyclic) bond motifs is 1. The van der Waals surface area contributed by atoms with Crippen molar-refractivity contribution in [3.05, 3.63) is 84.6 Å². The van der Waals surface area contributed by atoms with Crippen molar-refractivity contribution < 1.29 is 30.0 Å². The van der Waals surface area contributed by atoms with Crippen molar-refractivity contribution in [1.82, 2.24) is 4.98 Å². The van der Waals surface area contributed by atoms with Gasteiger partial charge in [-0.1, -0.05) is 45.0 Å². The van der Waals surface area contributed by atoms with Gasteiger partial charge < -0.3 is 10.1 Å². The van der Waals surface area contributed by atoms with E-state index in [1.54, 1.807) is 0 Å². The summed E-state index contributed by atoms with van der Waals surface area (Å²) in [4.78, 5) is 16.5. The molecule has 1 heterocycles. The van der Waals surface area contributed by atoms with Crippen LogP contribution in [-0.2, 0) is 31.3 Å². The third kappa shape index (κ3) is 6.09. The molecule has 1 N–H and O–H groups in total. The topological polar surface area (TPSA) is 50.2 Å². The molecule has 152 valence electrons. The van der Waals surface area contributed by atoms with Gasteiger partial charge in [0.05, 0.1) is 5.76 Å². The molecule has 0 spiro atoms. The summed E-state index contributed by atoms with van der Waals surface area (Å²) in [6.45, 7) is 5.51. The van der Waals surface area contributed by atoms with E-state index < -0.39 is 5.41 Å². The maximum atomic E-state index is 12.0. The number of hydrogen-bond donors (Lipinski definition) is 1. The van der Waals surface area contributed by atoms with E-state index in [4.69, 9.17) is 0 Å². The maximum absolute atomic E-state index is 12.0. The van der Waals surface area contributed by atoms with Gasteiger partial charge in [0.15, 0.2) is 5.78 Å². The first-order valence-electron chi connectivity index (χ1n) is 9.45. The molecule has 29 heavy (non-hydrogen) atoms. The fourth-order valence-electron chi connectivity index (χ4n) is 2.91. The van der Waals surface area contributed by atoms with Crippen molar-refractivity contribution in [1.29, 1.82) is 0 Å². The van der Waals surface area contributed by atoms with E-state index in [0.29, 0.717) is 12.8 Å². The van der Waals surface area contributed by atoms with Gasteiger partial charge in [-0.2, -0.15) is 0 Å². The Morgan fingerprint density at radius 1 is 1.10 bits per heavy atom. The Morgan fingerprint density at radius 3 is 2.62 bits per heavy atom. The quantitative estimate of drug-likeness (QED) is 0.231. The summed E-state index contributed by atoms with van der Waals surface area (Å²) in [7, 11) is 0. The number of pyridine rings is 1. The van der Waals surface area contributed by atoms with Crippen molar-refractivity contribution in [3.8, 4) is 11.3 Å². The summed E-state index contributed by atoms with van der Waals surface area (Å²) >= 11 is 0. The number of nitrogens with zero attached hydrogens (tertiary/aromatic N) is 1.